The molecule has 134 valence electrons. The molecule has 2 aliphatic rings. The van der Waals surface area contributed by atoms with Crippen molar-refractivity contribution in [2.75, 3.05) is 25.1 Å². The summed E-state index contributed by atoms with van der Waals surface area (Å²) in [6.45, 7) is 6.91. The molecule has 0 aromatic carbocycles. The van der Waals surface area contributed by atoms with Gasteiger partial charge >= 0.3 is 0 Å². The van der Waals surface area contributed by atoms with Crippen LogP contribution in [0.25, 0.3) is 0 Å². The van der Waals surface area contributed by atoms with Gasteiger partial charge in [-0.2, -0.15) is 0 Å². The van der Waals surface area contributed by atoms with E-state index in [9.17, 15) is 13.2 Å². The Labute approximate surface area is 141 Å². The summed E-state index contributed by atoms with van der Waals surface area (Å²) in [5, 5.41) is 3.16. The van der Waals surface area contributed by atoms with E-state index in [1.165, 1.54) is 31.9 Å². The van der Waals surface area contributed by atoms with Gasteiger partial charge in [0.15, 0.2) is 0 Å². The average Bonchev–Trinajstić information content (AvgIpc) is 3.05. The largest absolute Gasteiger partial charge is 0.352 e. The second-order valence-electron chi connectivity index (χ2n) is 7.70. The number of sulfone groups is 1. The van der Waals surface area contributed by atoms with Crippen LogP contribution in [-0.2, 0) is 14.6 Å². The van der Waals surface area contributed by atoms with Crippen molar-refractivity contribution in [3.8, 4) is 0 Å². The summed E-state index contributed by atoms with van der Waals surface area (Å²) in [5.74, 6) is 2.41. The standard InChI is InChI=1S/C17H32N2O3S/c1-5-19(12(2)11-23(4,21)22)10-17(20)18-13(3)16-9-14-6-7-15(16)8-14/h12-16H,5-11H2,1-4H3,(H,18,20)/t12-,13-,14+,15+,16-/m1/s1. The first-order valence-corrected chi connectivity index (χ1v) is 11.0. The number of likely N-dealkylation sites (N-methyl/N-ethyl adjacent to an activating group) is 1. The van der Waals surface area contributed by atoms with Crippen LogP contribution in [0.3, 0.4) is 0 Å². The molecule has 1 amide bonds. The first kappa shape index (κ1) is 18.7. The fourth-order valence-electron chi connectivity index (χ4n) is 4.62. The average molecular weight is 345 g/mol. The zero-order valence-corrected chi connectivity index (χ0v) is 15.7. The summed E-state index contributed by atoms with van der Waals surface area (Å²) in [7, 11) is -3.03. The third-order valence-electron chi connectivity index (χ3n) is 5.74. The predicted molar refractivity (Wildman–Crippen MR) is 93.0 cm³/mol. The first-order valence-electron chi connectivity index (χ1n) is 8.90. The molecular formula is C17H32N2O3S. The Hall–Kier alpha value is -0.620. The number of hydrogen-bond acceptors (Lipinski definition) is 4. The highest BCUT2D eigenvalue weighted by molar-refractivity contribution is 7.90. The van der Waals surface area contributed by atoms with E-state index < -0.39 is 9.84 Å². The molecule has 0 saturated heterocycles. The minimum atomic E-state index is -3.03. The van der Waals surface area contributed by atoms with Crippen molar-refractivity contribution in [3.05, 3.63) is 0 Å². The van der Waals surface area contributed by atoms with E-state index in [0.29, 0.717) is 12.5 Å². The van der Waals surface area contributed by atoms with Gasteiger partial charge in [0.2, 0.25) is 5.91 Å². The molecule has 6 heteroatoms. The van der Waals surface area contributed by atoms with Gasteiger partial charge < -0.3 is 5.32 Å². The van der Waals surface area contributed by atoms with Gasteiger partial charge in [-0.1, -0.05) is 13.3 Å². The lowest BCUT2D eigenvalue weighted by atomic mass is 9.84. The summed E-state index contributed by atoms with van der Waals surface area (Å²) in [5.41, 5.74) is 0. The van der Waals surface area contributed by atoms with Crippen molar-refractivity contribution in [1.29, 1.82) is 0 Å². The summed E-state index contributed by atoms with van der Waals surface area (Å²) in [6.07, 6.45) is 6.54. The molecule has 2 bridgehead atoms. The van der Waals surface area contributed by atoms with Gasteiger partial charge in [-0.25, -0.2) is 8.42 Å². The normalized spacial score (nSPS) is 29.7. The lowest BCUT2D eigenvalue weighted by Gasteiger charge is -2.31. The molecule has 23 heavy (non-hydrogen) atoms. The fourth-order valence-corrected chi connectivity index (χ4v) is 5.71. The Morgan fingerprint density at radius 3 is 2.43 bits per heavy atom. The zero-order chi connectivity index (χ0) is 17.2. The molecule has 2 rings (SSSR count). The maximum Gasteiger partial charge on any atom is 0.234 e. The maximum atomic E-state index is 12.4. The molecule has 2 fully saturated rings. The third kappa shape index (κ3) is 5.18. The monoisotopic (exact) mass is 344 g/mol. The van der Waals surface area contributed by atoms with Crippen molar-refractivity contribution in [2.24, 2.45) is 17.8 Å². The van der Waals surface area contributed by atoms with Gasteiger partial charge in [-0.05, 0) is 57.4 Å². The van der Waals surface area contributed by atoms with Gasteiger partial charge in [0.1, 0.15) is 9.84 Å². The Bertz CT molecular complexity index is 520. The zero-order valence-electron chi connectivity index (χ0n) is 14.9. The van der Waals surface area contributed by atoms with Crippen LogP contribution in [0.4, 0.5) is 0 Å². The molecule has 0 spiro atoms. The predicted octanol–water partition coefficient (Wildman–Crippen LogP) is 1.68. The van der Waals surface area contributed by atoms with Crippen molar-refractivity contribution >= 4 is 15.7 Å². The molecular weight excluding hydrogens is 312 g/mol. The molecule has 0 radical (unpaired) electrons. The quantitative estimate of drug-likeness (QED) is 0.727. The van der Waals surface area contributed by atoms with E-state index in [4.69, 9.17) is 0 Å². The molecule has 2 aliphatic carbocycles. The Morgan fingerprint density at radius 2 is 1.96 bits per heavy atom. The first-order chi connectivity index (χ1) is 10.7. The van der Waals surface area contributed by atoms with Crippen LogP contribution < -0.4 is 5.32 Å². The summed E-state index contributed by atoms with van der Waals surface area (Å²) in [6, 6.07) is 0.0836. The number of carbonyl (C=O) groups excluding carboxylic acids is 1. The summed E-state index contributed by atoms with van der Waals surface area (Å²) < 4.78 is 22.9. The maximum absolute atomic E-state index is 12.4. The van der Waals surface area contributed by atoms with Crippen LogP contribution in [-0.4, -0.2) is 56.4 Å². The van der Waals surface area contributed by atoms with Crippen LogP contribution >= 0.6 is 0 Å². The molecule has 5 atom stereocenters. The number of rotatable bonds is 8. The highest BCUT2D eigenvalue weighted by Crippen LogP contribution is 2.49. The number of hydrogen-bond donors (Lipinski definition) is 1. The summed E-state index contributed by atoms with van der Waals surface area (Å²) >= 11 is 0. The number of fused-ring (bicyclic) bond motifs is 2. The van der Waals surface area contributed by atoms with E-state index in [1.807, 2.05) is 18.7 Å². The molecule has 0 heterocycles. The minimum Gasteiger partial charge on any atom is -0.352 e. The lowest BCUT2D eigenvalue weighted by molar-refractivity contribution is -0.123. The Balaban J connectivity index is 1.82. The van der Waals surface area contributed by atoms with E-state index in [0.717, 1.165) is 11.8 Å². The van der Waals surface area contributed by atoms with Crippen molar-refractivity contribution in [1.82, 2.24) is 10.2 Å². The SMILES string of the molecule is CCN(CC(=O)N[C@H](C)[C@H]1C[C@H]2CC[C@H]1C2)[C@H](C)CS(C)(=O)=O. The number of nitrogens with zero attached hydrogens (tertiary/aromatic N) is 1. The van der Waals surface area contributed by atoms with E-state index >= 15 is 0 Å². The van der Waals surface area contributed by atoms with Gasteiger partial charge in [0.25, 0.3) is 0 Å². The highest BCUT2D eigenvalue weighted by atomic mass is 32.2. The minimum absolute atomic E-state index is 0.0162. The van der Waals surface area contributed by atoms with Gasteiger partial charge in [0.05, 0.1) is 12.3 Å². The molecule has 0 aromatic rings. The van der Waals surface area contributed by atoms with E-state index in [2.05, 4.69) is 12.2 Å². The van der Waals surface area contributed by atoms with Crippen LogP contribution in [0.5, 0.6) is 0 Å². The van der Waals surface area contributed by atoms with Gasteiger partial charge in [-0.3, -0.25) is 9.69 Å². The summed E-state index contributed by atoms with van der Waals surface area (Å²) in [4.78, 5) is 14.3. The number of amides is 1. The Morgan fingerprint density at radius 1 is 1.26 bits per heavy atom. The van der Waals surface area contributed by atoms with Crippen LogP contribution in [0.1, 0.15) is 46.5 Å². The van der Waals surface area contributed by atoms with Crippen molar-refractivity contribution in [2.45, 2.75) is 58.5 Å². The van der Waals surface area contributed by atoms with Gasteiger partial charge in [0, 0.05) is 18.3 Å². The number of carbonyl (C=O) groups is 1. The number of nitrogens with one attached hydrogen (secondary N) is 1. The van der Waals surface area contributed by atoms with Gasteiger partial charge in [-0.15, -0.1) is 0 Å². The lowest BCUT2D eigenvalue weighted by Crippen LogP contribution is -2.48. The van der Waals surface area contributed by atoms with Crippen LogP contribution in [0, 0.1) is 17.8 Å². The van der Waals surface area contributed by atoms with Crippen LogP contribution in [0.15, 0.2) is 0 Å². The second kappa shape index (κ2) is 7.51. The van der Waals surface area contributed by atoms with E-state index in [-0.39, 0.29) is 30.3 Å². The highest BCUT2D eigenvalue weighted by Gasteiger charge is 2.42. The molecule has 1 N–H and O–H groups in total. The smallest absolute Gasteiger partial charge is 0.234 e. The van der Waals surface area contributed by atoms with Crippen LogP contribution in [0.2, 0.25) is 0 Å². The second-order valence-corrected chi connectivity index (χ2v) is 9.88. The van der Waals surface area contributed by atoms with E-state index in [1.54, 1.807) is 0 Å². The van der Waals surface area contributed by atoms with Crippen molar-refractivity contribution in [3.63, 3.8) is 0 Å². The molecule has 5 nitrogen and oxygen atoms in total. The Kier molecular flexibility index (Phi) is 6.11. The third-order valence-corrected chi connectivity index (χ3v) is 6.83. The molecule has 0 aliphatic heterocycles. The molecule has 2 saturated carbocycles. The topological polar surface area (TPSA) is 66.5 Å². The fraction of sp³-hybridized carbons (Fsp3) is 0.941. The molecule has 0 unspecified atom stereocenters. The van der Waals surface area contributed by atoms with Crippen molar-refractivity contribution < 1.29 is 13.2 Å². The molecule has 0 aromatic heterocycles.